The molecular weight excluding hydrogens is 164 g/mol. The molecule has 4 heteroatoms. The van der Waals surface area contributed by atoms with Crippen LogP contribution in [-0.2, 0) is 4.74 Å². The topological polar surface area (TPSA) is 21.3 Å². The third-order valence-corrected chi connectivity index (χ3v) is 2.49. The van der Waals surface area contributed by atoms with Gasteiger partial charge in [0.05, 0.1) is 6.61 Å². The summed E-state index contributed by atoms with van der Waals surface area (Å²) in [5, 5.41) is 3.00. The quantitative estimate of drug-likeness (QED) is 0.692. The van der Waals surface area contributed by atoms with Gasteiger partial charge in [-0.05, 0) is 25.8 Å². The van der Waals surface area contributed by atoms with Gasteiger partial charge in [-0.15, -0.1) is 0 Å². The van der Waals surface area contributed by atoms with Crippen molar-refractivity contribution in [3.63, 3.8) is 0 Å². The summed E-state index contributed by atoms with van der Waals surface area (Å²) in [5.74, 6) is 0.536. The highest BCUT2D eigenvalue weighted by Gasteiger charge is 2.26. The van der Waals surface area contributed by atoms with Gasteiger partial charge in [0, 0.05) is 6.04 Å². The molecule has 0 heterocycles. The Kier molecular flexibility index (Phi) is 3.88. The number of halogens is 2. The molecule has 1 aliphatic carbocycles. The summed E-state index contributed by atoms with van der Waals surface area (Å²) in [6.45, 7) is -2.51. The average molecular weight is 179 g/mol. The van der Waals surface area contributed by atoms with Gasteiger partial charge in [0.2, 0.25) is 0 Å². The van der Waals surface area contributed by atoms with Crippen molar-refractivity contribution in [1.29, 1.82) is 0 Å². The van der Waals surface area contributed by atoms with Crippen molar-refractivity contribution in [2.75, 3.05) is 13.7 Å². The molecule has 0 saturated heterocycles. The van der Waals surface area contributed by atoms with Crippen molar-refractivity contribution in [2.24, 2.45) is 5.92 Å². The van der Waals surface area contributed by atoms with E-state index in [0.717, 1.165) is 12.8 Å². The van der Waals surface area contributed by atoms with E-state index >= 15 is 0 Å². The fraction of sp³-hybridized carbons (Fsp3) is 1.00. The van der Waals surface area contributed by atoms with Gasteiger partial charge in [-0.1, -0.05) is 6.42 Å². The summed E-state index contributed by atoms with van der Waals surface area (Å²) in [4.78, 5) is 0. The highest BCUT2D eigenvalue weighted by atomic mass is 19.3. The minimum Gasteiger partial charge on any atom is -0.321 e. The van der Waals surface area contributed by atoms with Crippen LogP contribution in [0.5, 0.6) is 0 Å². The standard InChI is InChI=1S/C8H15F2NO/c1-11-7(5-12-8(9)10)6-3-2-4-6/h6-8,11H,2-5H2,1H3. The normalized spacial score (nSPS) is 21.0. The number of likely N-dealkylation sites (N-methyl/N-ethyl adjacent to an activating group) is 1. The van der Waals surface area contributed by atoms with E-state index in [9.17, 15) is 8.78 Å². The number of rotatable bonds is 5. The van der Waals surface area contributed by atoms with Gasteiger partial charge < -0.3 is 10.1 Å². The molecule has 0 amide bonds. The largest absolute Gasteiger partial charge is 0.345 e. The molecule has 1 aliphatic rings. The van der Waals surface area contributed by atoms with E-state index in [1.165, 1.54) is 6.42 Å². The van der Waals surface area contributed by atoms with E-state index in [0.29, 0.717) is 5.92 Å². The molecule has 12 heavy (non-hydrogen) atoms. The van der Waals surface area contributed by atoms with Crippen LogP contribution >= 0.6 is 0 Å². The van der Waals surface area contributed by atoms with Gasteiger partial charge in [0.15, 0.2) is 0 Å². The third-order valence-electron chi connectivity index (χ3n) is 2.49. The molecule has 1 atom stereocenters. The van der Waals surface area contributed by atoms with Gasteiger partial charge in [-0.25, -0.2) is 0 Å². The van der Waals surface area contributed by atoms with E-state index in [4.69, 9.17) is 0 Å². The first-order valence-corrected chi connectivity index (χ1v) is 4.31. The van der Waals surface area contributed by atoms with E-state index in [2.05, 4.69) is 10.1 Å². The lowest BCUT2D eigenvalue weighted by Crippen LogP contribution is -2.41. The number of nitrogens with one attached hydrogen (secondary N) is 1. The van der Waals surface area contributed by atoms with Crippen molar-refractivity contribution < 1.29 is 13.5 Å². The lowest BCUT2D eigenvalue weighted by Gasteiger charge is -2.33. The molecule has 0 spiro atoms. The Morgan fingerprint density at radius 1 is 1.50 bits per heavy atom. The molecule has 1 unspecified atom stereocenters. The second-order valence-corrected chi connectivity index (χ2v) is 3.18. The minimum absolute atomic E-state index is 0.104. The third kappa shape index (κ3) is 2.68. The molecule has 1 rings (SSSR count). The summed E-state index contributed by atoms with van der Waals surface area (Å²) >= 11 is 0. The maximum atomic E-state index is 11.7. The van der Waals surface area contributed by atoms with Gasteiger partial charge >= 0.3 is 6.61 Å². The van der Waals surface area contributed by atoms with Crippen molar-refractivity contribution in [1.82, 2.24) is 5.32 Å². The van der Waals surface area contributed by atoms with Gasteiger partial charge in [0.25, 0.3) is 0 Å². The maximum Gasteiger partial charge on any atom is 0.345 e. The Bertz CT molecular complexity index is 128. The Labute approximate surface area is 71.3 Å². The lowest BCUT2D eigenvalue weighted by atomic mass is 9.80. The number of hydrogen-bond acceptors (Lipinski definition) is 2. The zero-order valence-electron chi connectivity index (χ0n) is 7.22. The Morgan fingerprint density at radius 3 is 2.50 bits per heavy atom. The highest BCUT2D eigenvalue weighted by molar-refractivity contribution is 4.81. The monoisotopic (exact) mass is 179 g/mol. The van der Waals surface area contributed by atoms with Crippen LogP contribution < -0.4 is 5.32 Å². The second-order valence-electron chi connectivity index (χ2n) is 3.18. The SMILES string of the molecule is CNC(COC(F)F)C1CCC1. The first kappa shape index (κ1) is 9.86. The van der Waals surface area contributed by atoms with Crippen molar-refractivity contribution in [3.05, 3.63) is 0 Å². The smallest absolute Gasteiger partial charge is 0.321 e. The van der Waals surface area contributed by atoms with Gasteiger partial charge in [0.1, 0.15) is 0 Å². The number of ether oxygens (including phenoxy) is 1. The van der Waals surface area contributed by atoms with Crippen LogP contribution in [0, 0.1) is 5.92 Å². The number of hydrogen-bond donors (Lipinski definition) is 1. The maximum absolute atomic E-state index is 11.7. The average Bonchev–Trinajstić information content (AvgIpc) is 1.93. The van der Waals surface area contributed by atoms with E-state index < -0.39 is 6.61 Å². The first-order valence-electron chi connectivity index (χ1n) is 4.31. The van der Waals surface area contributed by atoms with Crippen LogP contribution in [0.2, 0.25) is 0 Å². The molecule has 1 saturated carbocycles. The van der Waals surface area contributed by atoms with E-state index in [-0.39, 0.29) is 12.6 Å². The first-order chi connectivity index (χ1) is 5.74. The number of alkyl halides is 2. The summed E-state index contributed by atoms with van der Waals surface area (Å²) in [5.41, 5.74) is 0. The molecule has 0 bridgehead atoms. The van der Waals surface area contributed by atoms with E-state index in [1.807, 2.05) is 0 Å². The van der Waals surface area contributed by atoms with Crippen molar-refractivity contribution >= 4 is 0 Å². The molecule has 72 valence electrons. The fourth-order valence-corrected chi connectivity index (χ4v) is 1.47. The molecule has 0 aromatic heterocycles. The van der Waals surface area contributed by atoms with Crippen molar-refractivity contribution in [2.45, 2.75) is 31.9 Å². The molecule has 0 radical (unpaired) electrons. The highest BCUT2D eigenvalue weighted by Crippen LogP contribution is 2.29. The fourth-order valence-electron chi connectivity index (χ4n) is 1.47. The molecule has 1 N–H and O–H groups in total. The Morgan fingerprint density at radius 2 is 2.17 bits per heavy atom. The van der Waals surface area contributed by atoms with E-state index in [1.54, 1.807) is 7.05 Å². The minimum atomic E-state index is -2.64. The zero-order chi connectivity index (χ0) is 8.97. The molecule has 0 aromatic rings. The van der Waals surface area contributed by atoms with Crippen LogP contribution in [0.15, 0.2) is 0 Å². The second kappa shape index (κ2) is 4.72. The summed E-state index contributed by atoms with van der Waals surface area (Å²) < 4.78 is 27.6. The van der Waals surface area contributed by atoms with Gasteiger partial charge in [-0.3, -0.25) is 0 Å². The van der Waals surface area contributed by atoms with Crippen LogP contribution in [0.3, 0.4) is 0 Å². The Balaban J connectivity index is 2.15. The predicted molar refractivity (Wildman–Crippen MR) is 42.1 cm³/mol. The van der Waals surface area contributed by atoms with Crippen molar-refractivity contribution in [3.8, 4) is 0 Å². The predicted octanol–water partition coefficient (Wildman–Crippen LogP) is 1.61. The van der Waals surface area contributed by atoms with Gasteiger partial charge in [-0.2, -0.15) is 8.78 Å². The molecule has 2 nitrogen and oxygen atoms in total. The molecule has 1 fully saturated rings. The molecule has 0 aromatic carbocycles. The summed E-state index contributed by atoms with van der Waals surface area (Å²) in [6, 6.07) is 0.104. The lowest BCUT2D eigenvalue weighted by molar-refractivity contribution is -0.138. The summed E-state index contributed by atoms with van der Waals surface area (Å²) in [6.07, 6.45) is 3.49. The zero-order valence-corrected chi connectivity index (χ0v) is 7.22. The molecular formula is C8H15F2NO. The van der Waals surface area contributed by atoms with Crippen LogP contribution in [0.4, 0.5) is 8.78 Å². The molecule has 0 aliphatic heterocycles. The summed E-state index contributed by atoms with van der Waals surface area (Å²) in [7, 11) is 1.79. The van der Waals surface area contributed by atoms with Crippen LogP contribution in [0.25, 0.3) is 0 Å². The van der Waals surface area contributed by atoms with Crippen LogP contribution in [-0.4, -0.2) is 26.3 Å². The Hall–Kier alpha value is -0.220. The van der Waals surface area contributed by atoms with Crippen LogP contribution in [0.1, 0.15) is 19.3 Å².